The molecule has 0 unspecified atom stereocenters. The fourth-order valence-corrected chi connectivity index (χ4v) is 3.51. The molecule has 1 N–H and O–H groups in total. The number of aromatic nitrogens is 4. The topological polar surface area (TPSA) is 50.8 Å². The first-order valence-electron chi connectivity index (χ1n) is 8.57. The van der Waals surface area contributed by atoms with E-state index in [0.717, 1.165) is 67.3 Å². The summed E-state index contributed by atoms with van der Waals surface area (Å²) in [5, 5.41) is 9.61. The largest absolute Gasteiger partial charge is 0.342 e. The minimum Gasteiger partial charge on any atom is -0.342 e. The van der Waals surface area contributed by atoms with Gasteiger partial charge in [-0.1, -0.05) is 18.5 Å². The molecular weight excluding hydrogens is 324 g/mol. The molecule has 0 atom stereocenters. The number of likely N-dealkylation sites (N-methyl/N-ethyl adjacent to an activating group) is 1. The number of piperazine rings is 1. The summed E-state index contributed by atoms with van der Waals surface area (Å²) < 4.78 is 2.14. The predicted octanol–water partition coefficient (Wildman–Crippen LogP) is 1.22. The van der Waals surface area contributed by atoms with E-state index in [2.05, 4.69) is 33.5 Å². The second-order valence-corrected chi connectivity index (χ2v) is 6.97. The van der Waals surface area contributed by atoms with E-state index in [4.69, 9.17) is 16.6 Å². The van der Waals surface area contributed by atoms with Gasteiger partial charge in [0.25, 0.3) is 0 Å². The number of rotatable bonds is 3. The Morgan fingerprint density at radius 1 is 1.21 bits per heavy atom. The van der Waals surface area contributed by atoms with E-state index in [9.17, 15) is 0 Å². The van der Waals surface area contributed by atoms with Crippen LogP contribution in [0.2, 0.25) is 5.02 Å². The Hall–Kier alpha value is -1.92. The third-order valence-corrected chi connectivity index (χ3v) is 4.96. The molecule has 0 aliphatic carbocycles. The molecule has 2 aromatic heterocycles. The van der Waals surface area contributed by atoms with Gasteiger partial charge in [0.1, 0.15) is 5.82 Å². The average molecular weight is 346 g/mol. The second kappa shape index (κ2) is 6.18. The van der Waals surface area contributed by atoms with Crippen LogP contribution in [0.5, 0.6) is 0 Å². The van der Waals surface area contributed by atoms with Crippen molar-refractivity contribution in [2.24, 2.45) is 0 Å². The maximum Gasteiger partial charge on any atom is 0.204 e. The molecule has 1 saturated heterocycles. The van der Waals surface area contributed by atoms with E-state index in [0.29, 0.717) is 5.02 Å². The Morgan fingerprint density at radius 2 is 2.00 bits per heavy atom. The molecule has 3 aromatic rings. The number of benzene rings is 1. The van der Waals surface area contributed by atoms with Gasteiger partial charge in [-0.05, 0) is 24.6 Å². The van der Waals surface area contributed by atoms with Gasteiger partial charge < -0.3 is 9.80 Å². The Labute approximate surface area is 146 Å². The number of hydrogen-bond acceptors (Lipinski definition) is 4. The second-order valence-electron chi connectivity index (χ2n) is 6.54. The molecule has 3 heterocycles. The van der Waals surface area contributed by atoms with Gasteiger partial charge in [0.2, 0.25) is 5.65 Å². The number of hydrogen-bond donors (Lipinski definition) is 1. The fourth-order valence-electron chi connectivity index (χ4n) is 3.35. The van der Waals surface area contributed by atoms with Crippen LogP contribution in [0.15, 0.2) is 18.2 Å². The Bertz CT molecular complexity index is 882. The summed E-state index contributed by atoms with van der Waals surface area (Å²) in [5.41, 5.74) is 2.76. The molecule has 0 saturated carbocycles. The zero-order valence-electron chi connectivity index (χ0n) is 14.1. The van der Waals surface area contributed by atoms with E-state index < -0.39 is 0 Å². The van der Waals surface area contributed by atoms with Crippen LogP contribution < -0.4 is 9.80 Å². The maximum atomic E-state index is 6.22. The predicted molar refractivity (Wildman–Crippen MR) is 96.1 cm³/mol. The van der Waals surface area contributed by atoms with Crippen LogP contribution in [0.3, 0.4) is 0 Å². The summed E-state index contributed by atoms with van der Waals surface area (Å²) in [7, 11) is 2.24. The summed E-state index contributed by atoms with van der Waals surface area (Å²) in [6.07, 6.45) is 1.91. The smallest absolute Gasteiger partial charge is 0.204 e. The van der Waals surface area contributed by atoms with E-state index in [1.165, 1.54) is 0 Å². The van der Waals surface area contributed by atoms with Crippen LogP contribution in [0, 0.1) is 0 Å². The van der Waals surface area contributed by atoms with Gasteiger partial charge in [0.15, 0.2) is 5.82 Å². The number of nitrogens with one attached hydrogen (secondary N) is 1. The van der Waals surface area contributed by atoms with Gasteiger partial charge in [-0.25, -0.2) is 4.98 Å². The summed E-state index contributed by atoms with van der Waals surface area (Å²) >= 11 is 6.22. The third-order valence-electron chi connectivity index (χ3n) is 4.72. The molecule has 4 rings (SSSR count). The highest BCUT2D eigenvalue weighted by molar-refractivity contribution is 6.31. The standard InChI is InChI=1S/C17H21ClN6/c1-3-4-15-20-21-17-16(23-9-7-22(2)8-10-23)19-13-6-5-12(18)11-14(13)24(15)17/h5-6,11H,3-4,7-10H2,1-2H3/p+1. The van der Waals surface area contributed by atoms with Crippen LogP contribution in [0.4, 0.5) is 5.82 Å². The first-order valence-corrected chi connectivity index (χ1v) is 8.94. The molecule has 24 heavy (non-hydrogen) atoms. The van der Waals surface area contributed by atoms with Gasteiger partial charge in [-0.3, -0.25) is 4.40 Å². The lowest BCUT2D eigenvalue weighted by molar-refractivity contribution is -0.880. The molecule has 0 amide bonds. The van der Waals surface area contributed by atoms with Crippen molar-refractivity contribution in [1.29, 1.82) is 0 Å². The van der Waals surface area contributed by atoms with Gasteiger partial charge >= 0.3 is 0 Å². The number of nitrogens with zero attached hydrogens (tertiary/aromatic N) is 5. The Kier molecular flexibility index (Phi) is 4.02. The number of quaternary nitrogens is 1. The van der Waals surface area contributed by atoms with Crippen LogP contribution in [-0.2, 0) is 6.42 Å². The lowest BCUT2D eigenvalue weighted by Crippen LogP contribution is -3.12. The van der Waals surface area contributed by atoms with Gasteiger partial charge in [-0.15, -0.1) is 10.2 Å². The van der Waals surface area contributed by atoms with Crippen LogP contribution in [0.1, 0.15) is 19.2 Å². The minimum atomic E-state index is 0.706. The molecule has 1 aliphatic heterocycles. The number of anilines is 1. The average Bonchev–Trinajstić information content (AvgIpc) is 3.00. The summed E-state index contributed by atoms with van der Waals surface area (Å²) in [5.74, 6) is 1.91. The first kappa shape index (κ1) is 15.6. The van der Waals surface area contributed by atoms with Gasteiger partial charge in [0, 0.05) is 11.4 Å². The van der Waals surface area contributed by atoms with E-state index in [1.807, 2.05) is 18.2 Å². The molecule has 0 spiro atoms. The number of fused-ring (bicyclic) bond motifs is 3. The van der Waals surface area contributed by atoms with Crippen molar-refractivity contribution in [3.05, 3.63) is 29.0 Å². The zero-order chi connectivity index (χ0) is 16.7. The fraction of sp³-hybridized carbons (Fsp3) is 0.471. The highest BCUT2D eigenvalue weighted by atomic mass is 35.5. The molecule has 126 valence electrons. The van der Waals surface area contributed by atoms with Crippen molar-refractivity contribution >= 4 is 34.1 Å². The zero-order valence-corrected chi connectivity index (χ0v) is 14.8. The molecular formula is C17H22ClN6+. The van der Waals surface area contributed by atoms with Crippen molar-refractivity contribution in [3.63, 3.8) is 0 Å². The van der Waals surface area contributed by atoms with Gasteiger partial charge in [-0.2, -0.15) is 0 Å². The highest BCUT2D eigenvalue weighted by Gasteiger charge is 2.23. The highest BCUT2D eigenvalue weighted by Crippen LogP contribution is 2.27. The molecule has 7 heteroatoms. The van der Waals surface area contributed by atoms with E-state index >= 15 is 0 Å². The van der Waals surface area contributed by atoms with E-state index in [-0.39, 0.29) is 0 Å². The molecule has 6 nitrogen and oxygen atoms in total. The molecule has 1 aromatic carbocycles. The lowest BCUT2D eigenvalue weighted by Gasteiger charge is -2.31. The van der Waals surface area contributed by atoms with Crippen molar-refractivity contribution in [2.45, 2.75) is 19.8 Å². The van der Waals surface area contributed by atoms with Crippen LogP contribution in [-0.4, -0.2) is 52.8 Å². The van der Waals surface area contributed by atoms with Gasteiger partial charge in [0.05, 0.1) is 44.3 Å². The number of halogens is 1. The summed E-state index contributed by atoms with van der Waals surface area (Å²) in [6, 6.07) is 5.83. The van der Waals surface area contributed by atoms with Crippen molar-refractivity contribution in [3.8, 4) is 0 Å². The number of aryl methyl sites for hydroxylation is 1. The Morgan fingerprint density at radius 3 is 2.75 bits per heavy atom. The van der Waals surface area contributed by atoms with Crippen LogP contribution >= 0.6 is 11.6 Å². The van der Waals surface area contributed by atoms with Crippen molar-refractivity contribution < 1.29 is 4.90 Å². The van der Waals surface area contributed by atoms with Crippen molar-refractivity contribution in [1.82, 2.24) is 19.6 Å². The summed E-state index contributed by atoms with van der Waals surface area (Å²) in [4.78, 5) is 8.79. The van der Waals surface area contributed by atoms with Crippen molar-refractivity contribution in [2.75, 3.05) is 38.1 Å². The molecule has 1 aliphatic rings. The SMILES string of the molecule is CCCc1nnc2c(N3CC[NH+](C)CC3)nc3ccc(Cl)cc3n12. The third kappa shape index (κ3) is 2.59. The monoisotopic (exact) mass is 345 g/mol. The quantitative estimate of drug-likeness (QED) is 0.775. The molecule has 0 radical (unpaired) electrons. The first-order chi connectivity index (χ1) is 11.7. The Balaban J connectivity index is 1.94. The molecule has 1 fully saturated rings. The molecule has 0 bridgehead atoms. The summed E-state index contributed by atoms with van der Waals surface area (Å²) in [6.45, 7) is 6.36. The van der Waals surface area contributed by atoms with E-state index in [1.54, 1.807) is 4.90 Å². The lowest BCUT2D eigenvalue weighted by atomic mass is 10.2. The maximum absolute atomic E-state index is 6.22. The van der Waals surface area contributed by atoms with Crippen LogP contribution in [0.25, 0.3) is 16.7 Å². The minimum absolute atomic E-state index is 0.706. The normalized spacial score (nSPS) is 16.4.